The fraction of sp³-hybridized carbons (Fsp3) is 0.500. The molecule has 0 radical (unpaired) electrons. The van der Waals surface area contributed by atoms with Crippen LogP contribution in [-0.2, 0) is 10.0 Å². The molecule has 1 saturated carbocycles. The number of anilines is 1. The molecule has 20 heavy (non-hydrogen) atoms. The van der Waals surface area contributed by atoms with Crippen molar-refractivity contribution in [3.63, 3.8) is 0 Å². The quantitative estimate of drug-likeness (QED) is 0.589. The summed E-state index contributed by atoms with van der Waals surface area (Å²) in [5.74, 6) is 0.617. The standard InChI is InChI=1S/C12H17N3O4S/c1-13-11-5-4-10(15(16)17)8-12(11)20(18,19)14-7-6-9-2-3-9/h4-5,8-9,13-14H,2-3,6-7H2,1H3. The Labute approximate surface area is 117 Å². The average Bonchev–Trinajstić information content (AvgIpc) is 3.21. The molecule has 110 valence electrons. The van der Waals surface area contributed by atoms with Gasteiger partial charge < -0.3 is 5.32 Å². The first-order valence-electron chi connectivity index (χ1n) is 6.40. The van der Waals surface area contributed by atoms with Gasteiger partial charge in [-0.3, -0.25) is 10.1 Å². The Morgan fingerprint density at radius 2 is 2.10 bits per heavy atom. The highest BCUT2D eigenvalue weighted by Crippen LogP contribution is 2.32. The molecule has 1 aliphatic carbocycles. The molecule has 0 spiro atoms. The zero-order valence-corrected chi connectivity index (χ0v) is 11.9. The number of non-ortho nitro benzene ring substituents is 1. The number of hydrogen-bond donors (Lipinski definition) is 2. The molecular weight excluding hydrogens is 282 g/mol. The molecule has 0 saturated heterocycles. The summed E-state index contributed by atoms with van der Waals surface area (Å²) in [4.78, 5) is 10.1. The van der Waals surface area contributed by atoms with E-state index in [0.717, 1.165) is 25.3 Å². The van der Waals surface area contributed by atoms with E-state index >= 15 is 0 Å². The van der Waals surface area contributed by atoms with Gasteiger partial charge in [0.05, 0.1) is 10.6 Å². The second-order valence-corrected chi connectivity index (χ2v) is 6.55. The van der Waals surface area contributed by atoms with E-state index in [0.29, 0.717) is 18.2 Å². The molecule has 0 bridgehead atoms. The maximum absolute atomic E-state index is 12.2. The Morgan fingerprint density at radius 3 is 2.65 bits per heavy atom. The van der Waals surface area contributed by atoms with Gasteiger partial charge in [-0.25, -0.2) is 13.1 Å². The summed E-state index contributed by atoms with van der Waals surface area (Å²) < 4.78 is 26.9. The predicted octanol–water partition coefficient (Wildman–Crippen LogP) is 1.71. The fourth-order valence-corrected chi connectivity index (χ4v) is 3.21. The molecule has 0 aromatic heterocycles. The summed E-state index contributed by atoms with van der Waals surface area (Å²) in [6, 6.07) is 3.74. The van der Waals surface area contributed by atoms with Crippen LogP contribution in [0, 0.1) is 16.0 Å². The van der Waals surface area contributed by atoms with Crippen molar-refractivity contribution in [3.8, 4) is 0 Å². The smallest absolute Gasteiger partial charge is 0.270 e. The third-order valence-corrected chi connectivity index (χ3v) is 4.78. The van der Waals surface area contributed by atoms with Crippen molar-refractivity contribution in [1.29, 1.82) is 0 Å². The SMILES string of the molecule is CNc1ccc([N+](=O)[O-])cc1S(=O)(=O)NCCC1CC1. The van der Waals surface area contributed by atoms with Crippen LogP contribution < -0.4 is 10.0 Å². The van der Waals surface area contributed by atoms with Gasteiger partial charge in [0.15, 0.2) is 0 Å². The predicted molar refractivity (Wildman–Crippen MR) is 75.2 cm³/mol. The van der Waals surface area contributed by atoms with Crippen molar-refractivity contribution in [2.75, 3.05) is 18.9 Å². The zero-order valence-electron chi connectivity index (χ0n) is 11.1. The van der Waals surface area contributed by atoms with E-state index in [1.54, 1.807) is 7.05 Å². The number of sulfonamides is 1. The van der Waals surface area contributed by atoms with Gasteiger partial charge in [-0.05, 0) is 18.4 Å². The molecule has 0 unspecified atom stereocenters. The number of nitro benzene ring substituents is 1. The first-order chi connectivity index (χ1) is 9.44. The number of nitrogens with zero attached hydrogens (tertiary/aromatic N) is 1. The van der Waals surface area contributed by atoms with Crippen LogP contribution in [0.1, 0.15) is 19.3 Å². The van der Waals surface area contributed by atoms with Crippen LogP contribution in [0.3, 0.4) is 0 Å². The molecule has 1 aromatic rings. The van der Waals surface area contributed by atoms with E-state index in [1.165, 1.54) is 12.1 Å². The molecule has 1 aromatic carbocycles. The second kappa shape index (κ2) is 5.76. The van der Waals surface area contributed by atoms with Gasteiger partial charge in [-0.2, -0.15) is 0 Å². The molecule has 1 aliphatic rings. The maximum atomic E-state index is 12.2. The third-order valence-electron chi connectivity index (χ3n) is 3.28. The number of nitrogens with one attached hydrogen (secondary N) is 2. The number of nitro groups is 1. The molecule has 2 rings (SSSR count). The lowest BCUT2D eigenvalue weighted by Crippen LogP contribution is -2.26. The van der Waals surface area contributed by atoms with Crippen molar-refractivity contribution < 1.29 is 13.3 Å². The summed E-state index contributed by atoms with van der Waals surface area (Å²) in [5.41, 5.74) is 0.0982. The van der Waals surface area contributed by atoms with Gasteiger partial charge in [0.25, 0.3) is 5.69 Å². The first kappa shape index (κ1) is 14.7. The van der Waals surface area contributed by atoms with Crippen LogP contribution in [-0.4, -0.2) is 26.9 Å². The minimum atomic E-state index is -3.74. The summed E-state index contributed by atoms with van der Waals surface area (Å²) in [6.45, 7) is 0.360. The van der Waals surface area contributed by atoms with Crippen LogP contribution in [0.25, 0.3) is 0 Å². The molecule has 0 atom stereocenters. The van der Waals surface area contributed by atoms with E-state index in [4.69, 9.17) is 0 Å². The monoisotopic (exact) mass is 299 g/mol. The highest BCUT2D eigenvalue weighted by atomic mass is 32.2. The Balaban J connectivity index is 2.22. The summed E-state index contributed by atoms with van der Waals surface area (Å²) in [6.07, 6.45) is 3.11. The third kappa shape index (κ3) is 3.45. The largest absolute Gasteiger partial charge is 0.387 e. The van der Waals surface area contributed by atoms with Crippen molar-refractivity contribution in [1.82, 2.24) is 4.72 Å². The minimum Gasteiger partial charge on any atom is -0.387 e. The molecule has 0 amide bonds. The van der Waals surface area contributed by atoms with Crippen LogP contribution in [0.5, 0.6) is 0 Å². The van der Waals surface area contributed by atoms with E-state index in [9.17, 15) is 18.5 Å². The van der Waals surface area contributed by atoms with Crippen molar-refractivity contribution in [2.24, 2.45) is 5.92 Å². The van der Waals surface area contributed by atoms with Gasteiger partial charge in [0.2, 0.25) is 10.0 Å². The molecule has 7 nitrogen and oxygen atoms in total. The number of hydrogen-bond acceptors (Lipinski definition) is 5. The van der Waals surface area contributed by atoms with Gasteiger partial charge >= 0.3 is 0 Å². The summed E-state index contributed by atoms with van der Waals surface area (Å²) in [7, 11) is -2.17. The van der Waals surface area contributed by atoms with Crippen molar-refractivity contribution in [2.45, 2.75) is 24.2 Å². The molecule has 0 aliphatic heterocycles. The topological polar surface area (TPSA) is 101 Å². The molecule has 8 heteroatoms. The van der Waals surface area contributed by atoms with Crippen molar-refractivity contribution >= 4 is 21.4 Å². The van der Waals surface area contributed by atoms with Gasteiger partial charge in [0.1, 0.15) is 4.90 Å². The Hall–Kier alpha value is -1.67. The summed E-state index contributed by atoms with van der Waals surface area (Å²) >= 11 is 0. The van der Waals surface area contributed by atoms with Crippen LogP contribution in [0.15, 0.2) is 23.1 Å². The lowest BCUT2D eigenvalue weighted by atomic mass is 10.3. The molecule has 2 N–H and O–H groups in total. The lowest BCUT2D eigenvalue weighted by molar-refractivity contribution is -0.385. The molecular formula is C12H17N3O4S. The molecule has 0 heterocycles. The maximum Gasteiger partial charge on any atom is 0.270 e. The van der Waals surface area contributed by atoms with E-state index in [-0.39, 0.29) is 10.6 Å². The second-order valence-electron chi connectivity index (χ2n) is 4.82. The highest BCUT2D eigenvalue weighted by molar-refractivity contribution is 7.89. The van der Waals surface area contributed by atoms with Gasteiger partial charge in [-0.1, -0.05) is 12.8 Å². The Kier molecular flexibility index (Phi) is 4.24. The highest BCUT2D eigenvalue weighted by Gasteiger charge is 2.24. The number of rotatable bonds is 7. The summed E-state index contributed by atoms with van der Waals surface area (Å²) in [5, 5.41) is 13.5. The van der Waals surface area contributed by atoms with E-state index in [1.807, 2.05) is 0 Å². The van der Waals surface area contributed by atoms with E-state index in [2.05, 4.69) is 10.0 Å². The van der Waals surface area contributed by atoms with Gasteiger partial charge in [-0.15, -0.1) is 0 Å². The fourth-order valence-electron chi connectivity index (χ4n) is 1.94. The lowest BCUT2D eigenvalue weighted by Gasteiger charge is -2.11. The van der Waals surface area contributed by atoms with Crippen LogP contribution in [0.4, 0.5) is 11.4 Å². The normalized spacial score (nSPS) is 15.1. The van der Waals surface area contributed by atoms with Gasteiger partial charge in [0, 0.05) is 25.7 Å². The molecule has 1 fully saturated rings. The Bertz CT molecular complexity index is 611. The minimum absolute atomic E-state index is 0.0926. The number of benzene rings is 1. The van der Waals surface area contributed by atoms with Crippen LogP contribution >= 0.6 is 0 Å². The Morgan fingerprint density at radius 1 is 1.40 bits per heavy atom. The van der Waals surface area contributed by atoms with E-state index < -0.39 is 14.9 Å². The zero-order chi connectivity index (χ0) is 14.8. The van der Waals surface area contributed by atoms with Crippen LogP contribution in [0.2, 0.25) is 0 Å². The average molecular weight is 299 g/mol. The first-order valence-corrected chi connectivity index (χ1v) is 7.88. The van der Waals surface area contributed by atoms with Crippen molar-refractivity contribution in [3.05, 3.63) is 28.3 Å².